The predicted molar refractivity (Wildman–Crippen MR) is 141 cm³/mol. The molecule has 196 valence electrons. The van der Waals surface area contributed by atoms with Crippen molar-refractivity contribution in [1.29, 1.82) is 0 Å². The second-order valence-corrected chi connectivity index (χ2v) is 9.53. The minimum Gasteiger partial charge on any atom is -0.493 e. The van der Waals surface area contributed by atoms with Crippen LogP contribution in [-0.2, 0) is 0 Å². The number of benzene rings is 2. The summed E-state index contributed by atoms with van der Waals surface area (Å²) >= 11 is 0. The average molecular weight is 508 g/mol. The number of aromatic carboxylic acids is 1. The molecule has 0 bridgehead atoms. The van der Waals surface area contributed by atoms with Crippen LogP contribution >= 0.6 is 0 Å². The summed E-state index contributed by atoms with van der Waals surface area (Å²) in [5.41, 5.74) is 7.81. The number of carbonyl (C=O) groups excluding carboxylic acids is 1. The topological polar surface area (TPSA) is 133 Å². The molecule has 37 heavy (non-hydrogen) atoms. The Hall–Kier alpha value is -4.01. The molecular weight excluding hydrogens is 474 g/mol. The number of fused-ring (bicyclic) bond motifs is 1. The van der Waals surface area contributed by atoms with Crippen LogP contribution in [-0.4, -0.2) is 47.3 Å². The number of nitrogens with zero attached hydrogens (tertiary/aromatic N) is 1. The van der Waals surface area contributed by atoms with Gasteiger partial charge in [-0.1, -0.05) is 6.07 Å². The number of amides is 1. The van der Waals surface area contributed by atoms with E-state index < -0.39 is 5.97 Å². The van der Waals surface area contributed by atoms with Gasteiger partial charge in [0.05, 0.1) is 29.4 Å². The van der Waals surface area contributed by atoms with Gasteiger partial charge in [0, 0.05) is 11.6 Å². The van der Waals surface area contributed by atoms with Gasteiger partial charge in [-0.2, -0.15) is 0 Å². The van der Waals surface area contributed by atoms with E-state index in [4.69, 9.17) is 19.9 Å². The molecule has 2 aromatic carbocycles. The monoisotopic (exact) mass is 507 g/mol. The number of carboxylic acids is 1. The first-order chi connectivity index (χ1) is 17.7. The minimum absolute atomic E-state index is 0.00291. The molecule has 9 nitrogen and oxygen atoms in total. The van der Waals surface area contributed by atoms with Crippen molar-refractivity contribution in [2.24, 2.45) is 0 Å². The quantitative estimate of drug-likeness (QED) is 0.398. The van der Waals surface area contributed by atoms with Gasteiger partial charge in [0.2, 0.25) is 0 Å². The lowest BCUT2D eigenvalue weighted by atomic mass is 9.94. The number of carboxylic acid groups (broad SMARTS) is 1. The molecule has 1 saturated carbocycles. The molecule has 1 fully saturated rings. The molecule has 0 aliphatic heterocycles. The van der Waals surface area contributed by atoms with Crippen LogP contribution in [0.4, 0.5) is 5.69 Å². The Kier molecular flexibility index (Phi) is 7.71. The highest BCUT2D eigenvalue weighted by Crippen LogP contribution is 2.37. The van der Waals surface area contributed by atoms with E-state index in [9.17, 15) is 14.7 Å². The van der Waals surface area contributed by atoms with Crippen molar-refractivity contribution in [3.05, 3.63) is 53.2 Å². The molecule has 9 heteroatoms. The Morgan fingerprint density at radius 3 is 2.35 bits per heavy atom. The standard InChI is InChI=1S/C28H33N3O6/c1-15(2)30-27(32)17-12-13-19(35-4)23(14-17)37-21-10-6-5-9-20(21)36-22-11-7-8-18-25(22)26(29)24(28(33)34)16(3)31-18/h7-8,11-15,20-21H,5-6,9-10H2,1-4H3,(H2,29,31)(H,30,32)(H,33,34)/t20-,21-/m1/s1. The molecule has 1 amide bonds. The number of nitrogens with two attached hydrogens (primary N) is 1. The first kappa shape index (κ1) is 26.1. The summed E-state index contributed by atoms with van der Waals surface area (Å²) in [6, 6.07) is 10.5. The summed E-state index contributed by atoms with van der Waals surface area (Å²) < 4.78 is 18.4. The van der Waals surface area contributed by atoms with Crippen LogP contribution in [0, 0.1) is 6.92 Å². The highest BCUT2D eigenvalue weighted by atomic mass is 16.6. The average Bonchev–Trinajstić information content (AvgIpc) is 2.84. The van der Waals surface area contributed by atoms with Crippen molar-refractivity contribution in [3.63, 3.8) is 0 Å². The van der Waals surface area contributed by atoms with Crippen molar-refractivity contribution >= 4 is 28.5 Å². The molecule has 4 rings (SSSR count). The van der Waals surface area contributed by atoms with E-state index >= 15 is 0 Å². The molecule has 0 unspecified atom stereocenters. The Morgan fingerprint density at radius 1 is 1.05 bits per heavy atom. The molecular formula is C28H33N3O6. The molecule has 1 heterocycles. The molecule has 0 radical (unpaired) electrons. The van der Waals surface area contributed by atoms with Gasteiger partial charge in [-0.25, -0.2) is 4.79 Å². The summed E-state index contributed by atoms with van der Waals surface area (Å²) in [6.45, 7) is 5.43. The molecule has 1 aliphatic carbocycles. The molecule has 2 atom stereocenters. The van der Waals surface area contributed by atoms with Gasteiger partial charge in [0.1, 0.15) is 23.5 Å². The lowest BCUT2D eigenvalue weighted by Gasteiger charge is -2.33. The number of rotatable bonds is 8. The molecule has 1 aliphatic rings. The largest absolute Gasteiger partial charge is 0.493 e. The van der Waals surface area contributed by atoms with E-state index in [1.54, 1.807) is 44.4 Å². The maximum absolute atomic E-state index is 12.6. The Balaban J connectivity index is 1.65. The fourth-order valence-corrected chi connectivity index (χ4v) is 4.72. The number of hydrogen-bond donors (Lipinski definition) is 3. The molecule has 1 aromatic heterocycles. The number of carbonyl (C=O) groups is 2. The van der Waals surface area contributed by atoms with Gasteiger partial charge in [-0.15, -0.1) is 0 Å². The summed E-state index contributed by atoms with van der Waals surface area (Å²) in [5.74, 6) is 0.115. The predicted octanol–water partition coefficient (Wildman–Crippen LogP) is 4.74. The number of aromatic nitrogens is 1. The number of nitrogens with one attached hydrogen (secondary N) is 1. The second kappa shape index (κ2) is 10.9. The number of anilines is 1. The van der Waals surface area contributed by atoms with E-state index in [1.807, 2.05) is 19.9 Å². The summed E-state index contributed by atoms with van der Waals surface area (Å²) in [5, 5.41) is 13.0. The minimum atomic E-state index is -1.13. The van der Waals surface area contributed by atoms with Crippen LogP contribution in [0.15, 0.2) is 36.4 Å². The van der Waals surface area contributed by atoms with E-state index in [-0.39, 0.29) is 35.4 Å². The maximum atomic E-state index is 12.6. The normalized spacial score (nSPS) is 17.4. The number of pyridine rings is 1. The van der Waals surface area contributed by atoms with Crippen molar-refractivity contribution < 1.29 is 28.9 Å². The SMILES string of the molecule is COc1ccc(C(=O)NC(C)C)cc1O[C@@H]1CCCC[C@H]1Oc1cccc2nc(C)c(C(=O)O)c(N)c12. The number of aryl methyl sites for hydroxylation is 1. The lowest BCUT2D eigenvalue weighted by molar-refractivity contribution is 0.0226. The highest BCUT2D eigenvalue weighted by molar-refractivity contribution is 6.06. The van der Waals surface area contributed by atoms with Gasteiger partial charge >= 0.3 is 5.97 Å². The van der Waals surface area contributed by atoms with Gasteiger partial charge in [0.15, 0.2) is 11.5 Å². The first-order valence-corrected chi connectivity index (χ1v) is 12.4. The summed E-state index contributed by atoms with van der Waals surface area (Å²) in [4.78, 5) is 28.8. The lowest BCUT2D eigenvalue weighted by Crippen LogP contribution is -2.39. The van der Waals surface area contributed by atoms with Crippen LogP contribution in [0.25, 0.3) is 10.9 Å². The fourth-order valence-electron chi connectivity index (χ4n) is 4.72. The van der Waals surface area contributed by atoms with Crippen LogP contribution in [0.5, 0.6) is 17.2 Å². The fraction of sp³-hybridized carbons (Fsp3) is 0.393. The zero-order chi connectivity index (χ0) is 26.7. The number of hydrogen-bond acceptors (Lipinski definition) is 7. The Bertz CT molecular complexity index is 1320. The molecule has 0 spiro atoms. The van der Waals surface area contributed by atoms with Crippen LogP contribution in [0.2, 0.25) is 0 Å². The maximum Gasteiger partial charge on any atom is 0.339 e. The van der Waals surface area contributed by atoms with Crippen molar-refractivity contribution in [2.75, 3.05) is 12.8 Å². The second-order valence-electron chi connectivity index (χ2n) is 9.53. The van der Waals surface area contributed by atoms with Gasteiger partial charge < -0.3 is 30.4 Å². The zero-order valence-corrected chi connectivity index (χ0v) is 21.5. The van der Waals surface area contributed by atoms with Crippen LogP contribution in [0.1, 0.15) is 65.9 Å². The van der Waals surface area contributed by atoms with Crippen molar-refractivity contribution in [1.82, 2.24) is 10.3 Å². The van der Waals surface area contributed by atoms with Crippen molar-refractivity contribution in [3.8, 4) is 17.2 Å². The number of nitrogen functional groups attached to an aromatic ring is 1. The van der Waals surface area contributed by atoms with E-state index in [2.05, 4.69) is 10.3 Å². The smallest absolute Gasteiger partial charge is 0.339 e. The van der Waals surface area contributed by atoms with E-state index in [0.717, 1.165) is 25.7 Å². The van der Waals surface area contributed by atoms with Gasteiger partial charge in [0.25, 0.3) is 5.91 Å². The number of ether oxygens (including phenoxy) is 3. The van der Waals surface area contributed by atoms with Crippen LogP contribution < -0.4 is 25.3 Å². The summed E-state index contributed by atoms with van der Waals surface area (Å²) in [6.07, 6.45) is 2.75. The number of methoxy groups -OCH3 is 1. The third-order valence-electron chi connectivity index (χ3n) is 6.45. The zero-order valence-electron chi connectivity index (χ0n) is 21.5. The van der Waals surface area contributed by atoms with E-state index in [0.29, 0.717) is 39.4 Å². The summed E-state index contributed by atoms with van der Waals surface area (Å²) in [7, 11) is 1.55. The molecule has 4 N–H and O–H groups in total. The molecule has 0 saturated heterocycles. The first-order valence-electron chi connectivity index (χ1n) is 12.4. The third-order valence-corrected chi connectivity index (χ3v) is 6.45. The third kappa shape index (κ3) is 5.55. The van der Waals surface area contributed by atoms with Crippen LogP contribution in [0.3, 0.4) is 0 Å². The molecule has 3 aromatic rings. The van der Waals surface area contributed by atoms with Gasteiger partial charge in [-0.05, 0) is 76.8 Å². The Labute approximate surface area is 215 Å². The van der Waals surface area contributed by atoms with Gasteiger partial charge in [-0.3, -0.25) is 9.78 Å². The highest BCUT2D eigenvalue weighted by Gasteiger charge is 2.31. The van der Waals surface area contributed by atoms with E-state index in [1.165, 1.54) is 0 Å². The Morgan fingerprint density at radius 2 is 1.73 bits per heavy atom. The van der Waals surface area contributed by atoms with Crippen molar-refractivity contribution in [2.45, 2.75) is 64.7 Å².